The highest BCUT2D eigenvalue weighted by molar-refractivity contribution is 9.09. The third-order valence-corrected chi connectivity index (χ3v) is 2.11. The zero-order valence-electron chi connectivity index (χ0n) is 8.29. The van der Waals surface area contributed by atoms with Crippen LogP contribution in [0.4, 0.5) is 5.82 Å². The minimum Gasteiger partial charge on any atom is -0.359 e. The van der Waals surface area contributed by atoms with E-state index in [4.69, 9.17) is 0 Å². The van der Waals surface area contributed by atoms with E-state index in [2.05, 4.69) is 52.8 Å². The molecular weight excluding hydrogens is 228 g/mol. The van der Waals surface area contributed by atoms with Crippen molar-refractivity contribution in [1.29, 1.82) is 0 Å². The molecule has 0 aliphatic rings. The summed E-state index contributed by atoms with van der Waals surface area (Å²) in [6, 6.07) is 4.10. The summed E-state index contributed by atoms with van der Waals surface area (Å²) in [5.74, 6) is 1.03. The van der Waals surface area contributed by atoms with Crippen LogP contribution in [-0.4, -0.2) is 23.4 Å². The van der Waals surface area contributed by atoms with Crippen LogP contribution in [0.15, 0.2) is 18.3 Å². The zero-order valence-corrected chi connectivity index (χ0v) is 9.87. The van der Waals surface area contributed by atoms with Crippen LogP contribution in [0.25, 0.3) is 0 Å². The van der Waals surface area contributed by atoms with Gasteiger partial charge in [-0.15, -0.1) is 0 Å². The molecular formula is C10H15BrN2. The first-order valence-electron chi connectivity index (χ1n) is 4.37. The quantitative estimate of drug-likeness (QED) is 0.758. The number of aryl methyl sites for hydroxylation is 1. The Kier molecular flexibility index (Phi) is 3.72. The lowest BCUT2D eigenvalue weighted by Crippen LogP contribution is -2.24. The van der Waals surface area contributed by atoms with Crippen molar-refractivity contribution in [2.24, 2.45) is 0 Å². The van der Waals surface area contributed by atoms with Gasteiger partial charge in [-0.05, 0) is 24.6 Å². The third kappa shape index (κ3) is 3.35. The van der Waals surface area contributed by atoms with Crippen LogP contribution < -0.4 is 4.90 Å². The average Bonchev–Trinajstić information content (AvgIpc) is 2.03. The molecule has 72 valence electrons. The summed E-state index contributed by atoms with van der Waals surface area (Å²) in [6.07, 6.45) is 1.85. The molecule has 0 radical (unpaired) electrons. The maximum absolute atomic E-state index is 4.30. The van der Waals surface area contributed by atoms with Crippen LogP contribution in [0.1, 0.15) is 12.5 Å². The first kappa shape index (κ1) is 10.5. The van der Waals surface area contributed by atoms with E-state index < -0.39 is 0 Å². The minimum absolute atomic E-state index is 0.486. The lowest BCUT2D eigenvalue weighted by molar-refractivity contribution is 0.859. The van der Waals surface area contributed by atoms with Crippen LogP contribution in [0.2, 0.25) is 0 Å². The predicted molar refractivity (Wildman–Crippen MR) is 60.6 cm³/mol. The van der Waals surface area contributed by atoms with Gasteiger partial charge in [0, 0.05) is 24.6 Å². The number of nitrogens with zero attached hydrogens (tertiary/aromatic N) is 2. The number of hydrogen-bond donors (Lipinski definition) is 0. The normalized spacial score (nSPS) is 12.6. The van der Waals surface area contributed by atoms with Crippen molar-refractivity contribution in [2.45, 2.75) is 18.7 Å². The van der Waals surface area contributed by atoms with E-state index in [1.807, 2.05) is 12.3 Å². The fourth-order valence-electron chi connectivity index (χ4n) is 1.20. The Morgan fingerprint density at radius 3 is 2.85 bits per heavy atom. The first-order valence-corrected chi connectivity index (χ1v) is 5.29. The number of aromatic nitrogens is 1. The summed E-state index contributed by atoms with van der Waals surface area (Å²) in [7, 11) is 2.06. The second kappa shape index (κ2) is 4.61. The van der Waals surface area contributed by atoms with Crippen molar-refractivity contribution in [3.63, 3.8) is 0 Å². The van der Waals surface area contributed by atoms with E-state index in [1.165, 1.54) is 5.56 Å². The molecule has 3 heteroatoms. The molecule has 0 saturated carbocycles. The Hall–Kier alpha value is -0.570. The number of halogens is 1. The Bertz CT molecular complexity index is 273. The Labute approximate surface area is 88.1 Å². The van der Waals surface area contributed by atoms with E-state index in [-0.39, 0.29) is 0 Å². The third-order valence-electron chi connectivity index (χ3n) is 1.82. The first-order chi connectivity index (χ1) is 6.09. The van der Waals surface area contributed by atoms with Gasteiger partial charge in [-0.25, -0.2) is 4.98 Å². The maximum Gasteiger partial charge on any atom is 0.128 e. The summed E-state index contributed by atoms with van der Waals surface area (Å²) in [4.78, 5) is 6.93. The molecule has 0 aromatic carbocycles. The van der Waals surface area contributed by atoms with Gasteiger partial charge in [-0.3, -0.25) is 0 Å². The molecule has 0 aliphatic carbocycles. The fraction of sp³-hybridized carbons (Fsp3) is 0.500. The molecule has 0 N–H and O–H groups in total. The number of rotatable bonds is 3. The molecule has 1 aromatic rings. The molecule has 0 saturated heterocycles. The Balaban J connectivity index is 2.71. The van der Waals surface area contributed by atoms with Gasteiger partial charge in [-0.2, -0.15) is 0 Å². The molecule has 1 atom stereocenters. The van der Waals surface area contributed by atoms with Crippen molar-refractivity contribution < 1.29 is 0 Å². The lowest BCUT2D eigenvalue weighted by Gasteiger charge is -2.19. The second-order valence-corrected chi connectivity index (χ2v) is 4.92. The number of hydrogen-bond acceptors (Lipinski definition) is 2. The van der Waals surface area contributed by atoms with Gasteiger partial charge in [-0.1, -0.05) is 22.9 Å². The van der Waals surface area contributed by atoms with Crippen LogP contribution in [0.3, 0.4) is 0 Å². The van der Waals surface area contributed by atoms with Gasteiger partial charge in [0.2, 0.25) is 0 Å². The van der Waals surface area contributed by atoms with E-state index in [9.17, 15) is 0 Å². The second-order valence-electron chi connectivity index (χ2n) is 3.35. The molecule has 1 rings (SSSR count). The highest BCUT2D eigenvalue weighted by Crippen LogP contribution is 2.12. The van der Waals surface area contributed by atoms with Crippen molar-refractivity contribution in [1.82, 2.24) is 4.98 Å². The summed E-state index contributed by atoms with van der Waals surface area (Å²) in [5, 5.41) is 0. The zero-order chi connectivity index (χ0) is 9.84. The monoisotopic (exact) mass is 242 g/mol. The van der Waals surface area contributed by atoms with Crippen LogP contribution in [0.5, 0.6) is 0 Å². The smallest absolute Gasteiger partial charge is 0.128 e. The summed E-state index contributed by atoms with van der Waals surface area (Å²) < 4.78 is 0. The topological polar surface area (TPSA) is 16.1 Å². The van der Waals surface area contributed by atoms with E-state index in [1.54, 1.807) is 0 Å². The predicted octanol–water partition coefficient (Wildman–Crippen LogP) is 2.61. The molecule has 1 heterocycles. The van der Waals surface area contributed by atoms with E-state index >= 15 is 0 Å². The minimum atomic E-state index is 0.486. The highest BCUT2D eigenvalue weighted by Gasteiger charge is 2.04. The SMILES string of the molecule is Cc1ccnc(N(C)CC(C)Br)c1. The van der Waals surface area contributed by atoms with E-state index in [0.717, 1.165) is 12.4 Å². The van der Waals surface area contributed by atoms with Crippen molar-refractivity contribution in [3.05, 3.63) is 23.9 Å². The molecule has 0 bridgehead atoms. The lowest BCUT2D eigenvalue weighted by atomic mass is 10.3. The molecule has 0 fully saturated rings. The van der Waals surface area contributed by atoms with Gasteiger partial charge >= 0.3 is 0 Å². The largest absolute Gasteiger partial charge is 0.359 e. The molecule has 1 aromatic heterocycles. The molecule has 2 nitrogen and oxygen atoms in total. The molecule has 0 spiro atoms. The summed E-state index contributed by atoms with van der Waals surface area (Å²) in [6.45, 7) is 5.18. The molecule has 13 heavy (non-hydrogen) atoms. The van der Waals surface area contributed by atoms with Crippen molar-refractivity contribution in [3.8, 4) is 0 Å². The van der Waals surface area contributed by atoms with Crippen molar-refractivity contribution >= 4 is 21.7 Å². The Morgan fingerprint density at radius 1 is 1.62 bits per heavy atom. The maximum atomic E-state index is 4.30. The number of anilines is 1. The van der Waals surface area contributed by atoms with E-state index in [0.29, 0.717) is 4.83 Å². The van der Waals surface area contributed by atoms with Gasteiger partial charge in [0.1, 0.15) is 5.82 Å². The highest BCUT2D eigenvalue weighted by atomic mass is 79.9. The van der Waals surface area contributed by atoms with Crippen molar-refractivity contribution in [2.75, 3.05) is 18.5 Å². The van der Waals surface area contributed by atoms with Gasteiger partial charge in [0.25, 0.3) is 0 Å². The number of alkyl halides is 1. The van der Waals surface area contributed by atoms with Crippen LogP contribution in [-0.2, 0) is 0 Å². The fourth-order valence-corrected chi connectivity index (χ4v) is 1.63. The summed E-state index contributed by atoms with van der Waals surface area (Å²) >= 11 is 3.52. The molecule has 1 unspecified atom stereocenters. The molecule has 0 aliphatic heterocycles. The summed E-state index contributed by atoms with van der Waals surface area (Å²) in [5.41, 5.74) is 1.25. The average molecular weight is 243 g/mol. The van der Waals surface area contributed by atoms with Gasteiger partial charge in [0.15, 0.2) is 0 Å². The molecule has 0 amide bonds. The van der Waals surface area contributed by atoms with Gasteiger partial charge < -0.3 is 4.90 Å². The Morgan fingerprint density at radius 2 is 2.31 bits per heavy atom. The van der Waals surface area contributed by atoms with Crippen LogP contribution >= 0.6 is 15.9 Å². The van der Waals surface area contributed by atoms with Crippen LogP contribution in [0, 0.1) is 6.92 Å². The van der Waals surface area contributed by atoms with Gasteiger partial charge in [0.05, 0.1) is 0 Å². The number of pyridine rings is 1. The standard InChI is InChI=1S/C10H15BrN2/c1-8-4-5-12-10(6-8)13(3)7-9(2)11/h4-6,9H,7H2,1-3H3.